The number of rotatable bonds is 6. The third-order valence-electron chi connectivity index (χ3n) is 6.69. The second-order valence-corrected chi connectivity index (χ2v) is 10.1. The van der Waals surface area contributed by atoms with Crippen LogP contribution >= 0.6 is 23.4 Å². The number of halogens is 4. The Balaban J connectivity index is 1.28. The Bertz CT molecular complexity index is 1160. The smallest absolute Gasteiger partial charge is 0.367 e. The Kier molecular flexibility index (Phi) is 6.54. The number of anilines is 1. The summed E-state index contributed by atoms with van der Waals surface area (Å²) in [6, 6.07) is 10.4. The van der Waals surface area contributed by atoms with Crippen molar-refractivity contribution in [1.82, 2.24) is 14.8 Å². The average molecular weight is 523 g/mol. The number of hydrogen-bond donors (Lipinski definition) is 1. The van der Waals surface area contributed by atoms with Crippen molar-refractivity contribution in [2.24, 2.45) is 11.8 Å². The number of carbonyl (C=O) groups excluding carboxylic acids is 2. The van der Waals surface area contributed by atoms with Gasteiger partial charge >= 0.3 is 6.18 Å². The highest BCUT2D eigenvalue weighted by Gasteiger charge is 2.62. The minimum Gasteiger partial charge on any atom is -0.367 e. The van der Waals surface area contributed by atoms with Gasteiger partial charge in [0, 0.05) is 43.0 Å². The lowest BCUT2D eigenvalue weighted by atomic mass is 9.89. The molecule has 35 heavy (non-hydrogen) atoms. The minimum atomic E-state index is -4.54. The van der Waals surface area contributed by atoms with Crippen LogP contribution in [0.3, 0.4) is 0 Å². The Hall–Kier alpha value is -2.56. The number of likely N-dealkylation sites (tertiary alicyclic amines) is 1. The molecule has 184 valence electrons. The van der Waals surface area contributed by atoms with Gasteiger partial charge in [0.05, 0.1) is 22.4 Å². The van der Waals surface area contributed by atoms with Crippen molar-refractivity contribution in [2.45, 2.75) is 18.3 Å². The minimum absolute atomic E-state index is 0.0101. The number of thioether (sulfide) groups is 1. The highest BCUT2D eigenvalue weighted by Crippen LogP contribution is 2.47. The predicted molar refractivity (Wildman–Crippen MR) is 129 cm³/mol. The fraction of sp³-hybridized carbons (Fsp3) is 0.375. The lowest BCUT2D eigenvalue weighted by Gasteiger charge is -2.26. The van der Waals surface area contributed by atoms with E-state index in [0.29, 0.717) is 6.20 Å². The molecule has 0 aliphatic carbocycles. The van der Waals surface area contributed by atoms with E-state index in [1.165, 1.54) is 4.90 Å². The second kappa shape index (κ2) is 9.48. The van der Waals surface area contributed by atoms with Gasteiger partial charge in [-0.1, -0.05) is 54.1 Å². The van der Waals surface area contributed by atoms with Crippen molar-refractivity contribution >= 4 is 47.1 Å². The molecule has 1 aromatic carbocycles. The topological polar surface area (TPSA) is 65.5 Å². The largest absolute Gasteiger partial charge is 0.417 e. The number of nitrogens with one attached hydrogen (secondary N) is 1. The van der Waals surface area contributed by atoms with Gasteiger partial charge < -0.3 is 5.32 Å². The van der Waals surface area contributed by atoms with Crippen molar-refractivity contribution in [3.63, 3.8) is 0 Å². The van der Waals surface area contributed by atoms with Gasteiger partial charge in [-0.15, -0.1) is 11.8 Å². The summed E-state index contributed by atoms with van der Waals surface area (Å²) in [6.45, 7) is 0.210. The number of imide groups is 1. The molecule has 1 N–H and O–H groups in total. The molecule has 0 spiro atoms. The first kappa shape index (κ1) is 24.1. The zero-order valence-corrected chi connectivity index (χ0v) is 20.0. The Morgan fingerprint density at radius 2 is 1.91 bits per heavy atom. The fourth-order valence-corrected chi connectivity index (χ4v) is 6.62. The highest BCUT2D eigenvalue weighted by atomic mass is 35.5. The number of carbonyl (C=O) groups is 2. The van der Waals surface area contributed by atoms with E-state index in [0.717, 1.165) is 23.3 Å². The van der Waals surface area contributed by atoms with E-state index >= 15 is 0 Å². The summed E-state index contributed by atoms with van der Waals surface area (Å²) in [5.74, 6) is 0.406. The number of alkyl halides is 3. The third kappa shape index (κ3) is 4.54. The number of fused-ring (bicyclic) bond motifs is 3. The number of pyridine rings is 1. The molecule has 0 radical (unpaired) electrons. The summed E-state index contributed by atoms with van der Waals surface area (Å²) in [5.41, 5.74) is 0.0810. The monoisotopic (exact) mass is 522 g/mol. The van der Waals surface area contributed by atoms with Crippen LogP contribution in [0.15, 0.2) is 48.7 Å². The van der Waals surface area contributed by atoms with E-state index in [2.05, 4.69) is 15.2 Å². The molecule has 2 aromatic rings. The molecular weight excluding hydrogens is 501 g/mol. The molecule has 5 rings (SSSR count). The van der Waals surface area contributed by atoms with Gasteiger partial charge in [0.2, 0.25) is 11.8 Å². The van der Waals surface area contributed by atoms with Crippen molar-refractivity contribution in [2.75, 3.05) is 30.0 Å². The number of benzene rings is 1. The Morgan fingerprint density at radius 3 is 2.63 bits per heavy atom. The number of amides is 2. The summed E-state index contributed by atoms with van der Waals surface area (Å²) >= 11 is 7.70. The Morgan fingerprint density at radius 1 is 1.17 bits per heavy atom. The van der Waals surface area contributed by atoms with E-state index in [1.54, 1.807) is 11.8 Å². The molecular formula is C24H22ClF3N4O2S. The maximum Gasteiger partial charge on any atom is 0.417 e. The van der Waals surface area contributed by atoms with Crippen LogP contribution in [0.4, 0.5) is 19.0 Å². The molecule has 11 heteroatoms. The summed E-state index contributed by atoms with van der Waals surface area (Å²) < 4.78 is 38.5. The van der Waals surface area contributed by atoms with Crippen LogP contribution in [0.5, 0.6) is 0 Å². The summed E-state index contributed by atoms with van der Waals surface area (Å²) in [7, 11) is 0. The standard InChI is InChI=1S/C24H22ClF3N4O2S/c25-16-10-15(24(26,27)28)11-30-21(16)29-8-9-31-22(33)19-17(7-6-14-4-2-1-3-5-14)32-13-35-12-18(32)20(19)23(31)34/h1-7,10-11,17-20H,8-9,12-13H2,(H,29,30)/b7-6+/t17-,18+,19+,20-/m0/s1. The first-order chi connectivity index (χ1) is 16.8. The van der Waals surface area contributed by atoms with Crippen LogP contribution in [0.25, 0.3) is 6.08 Å². The molecule has 1 aromatic heterocycles. The molecule has 6 nitrogen and oxygen atoms in total. The van der Waals surface area contributed by atoms with Crippen LogP contribution in [0, 0.1) is 11.8 Å². The maximum absolute atomic E-state index is 13.4. The molecule has 3 saturated heterocycles. The number of nitrogens with zero attached hydrogens (tertiary/aromatic N) is 3. The van der Waals surface area contributed by atoms with Gasteiger partial charge in [-0.2, -0.15) is 13.2 Å². The zero-order valence-electron chi connectivity index (χ0n) is 18.4. The van der Waals surface area contributed by atoms with Gasteiger partial charge in [-0.3, -0.25) is 19.4 Å². The SMILES string of the molecule is O=C1[C@@H]2[C@H](C(=O)N1CCNc1ncc(C(F)(F)F)cc1Cl)[C@H](/C=C/c1ccccc1)N1CSC[C@H]21. The fourth-order valence-electron chi connectivity index (χ4n) is 5.07. The summed E-state index contributed by atoms with van der Waals surface area (Å²) in [6.07, 6.45) is 0.172. The first-order valence-corrected chi connectivity index (χ1v) is 12.7. The second-order valence-electron chi connectivity index (χ2n) is 8.70. The quantitative estimate of drug-likeness (QED) is 0.573. The molecule has 4 atom stereocenters. The van der Waals surface area contributed by atoms with Gasteiger partial charge in [0.15, 0.2) is 0 Å². The lowest BCUT2D eigenvalue weighted by molar-refractivity contribution is -0.141. The third-order valence-corrected chi connectivity index (χ3v) is 8.04. The van der Waals surface area contributed by atoms with Crippen LogP contribution < -0.4 is 5.32 Å². The van der Waals surface area contributed by atoms with Crippen LogP contribution in [-0.4, -0.2) is 63.4 Å². The number of hydrogen-bond acceptors (Lipinski definition) is 6. The van der Waals surface area contributed by atoms with E-state index in [-0.39, 0.29) is 47.8 Å². The molecule has 3 fully saturated rings. The van der Waals surface area contributed by atoms with Crippen molar-refractivity contribution in [1.29, 1.82) is 0 Å². The Labute approximate surface area is 209 Å². The van der Waals surface area contributed by atoms with Crippen LogP contribution in [0.1, 0.15) is 11.1 Å². The van der Waals surface area contributed by atoms with Crippen molar-refractivity contribution in [3.8, 4) is 0 Å². The molecule has 0 unspecified atom stereocenters. The van der Waals surface area contributed by atoms with Gasteiger partial charge in [-0.25, -0.2) is 4.98 Å². The predicted octanol–water partition coefficient (Wildman–Crippen LogP) is 4.24. The highest BCUT2D eigenvalue weighted by molar-refractivity contribution is 7.99. The van der Waals surface area contributed by atoms with E-state index < -0.39 is 23.6 Å². The van der Waals surface area contributed by atoms with E-state index in [1.807, 2.05) is 42.5 Å². The molecule has 3 aliphatic rings. The normalized spacial score (nSPS) is 26.6. The molecule has 4 heterocycles. The van der Waals surface area contributed by atoms with E-state index in [4.69, 9.17) is 11.6 Å². The lowest BCUT2D eigenvalue weighted by Crippen LogP contribution is -2.43. The van der Waals surface area contributed by atoms with Crippen LogP contribution in [0.2, 0.25) is 5.02 Å². The zero-order chi connectivity index (χ0) is 24.7. The van der Waals surface area contributed by atoms with Gasteiger partial charge in [0.25, 0.3) is 0 Å². The van der Waals surface area contributed by atoms with Gasteiger partial charge in [-0.05, 0) is 11.6 Å². The van der Waals surface area contributed by atoms with Gasteiger partial charge in [0.1, 0.15) is 5.82 Å². The van der Waals surface area contributed by atoms with E-state index in [9.17, 15) is 22.8 Å². The summed E-state index contributed by atoms with van der Waals surface area (Å²) in [5, 5.41) is 2.66. The van der Waals surface area contributed by atoms with Crippen LogP contribution in [-0.2, 0) is 15.8 Å². The molecule has 0 saturated carbocycles. The molecule has 3 aliphatic heterocycles. The van der Waals surface area contributed by atoms with Crippen molar-refractivity contribution < 1.29 is 22.8 Å². The number of aromatic nitrogens is 1. The maximum atomic E-state index is 13.4. The average Bonchev–Trinajstić information content (AvgIpc) is 3.47. The first-order valence-electron chi connectivity index (χ1n) is 11.1. The molecule has 2 amide bonds. The molecule has 0 bridgehead atoms. The van der Waals surface area contributed by atoms with Crippen molar-refractivity contribution in [3.05, 3.63) is 64.8 Å². The summed E-state index contributed by atoms with van der Waals surface area (Å²) in [4.78, 5) is 33.9.